The van der Waals surface area contributed by atoms with Gasteiger partial charge >= 0.3 is 0 Å². The number of fused-ring (bicyclic) bond motifs is 1. The van der Waals surface area contributed by atoms with Gasteiger partial charge in [-0.05, 0) is 18.9 Å². The molecule has 5 heteroatoms. The molecule has 0 fully saturated rings. The molecule has 22 heavy (non-hydrogen) atoms. The van der Waals surface area contributed by atoms with Gasteiger partial charge in [0.25, 0.3) is 5.91 Å². The van der Waals surface area contributed by atoms with Crippen LogP contribution in [0.25, 0.3) is 0 Å². The van der Waals surface area contributed by atoms with Crippen LogP contribution in [0.2, 0.25) is 0 Å². The number of aromatic nitrogens is 2. The number of carbonyl (C=O) groups is 1. The van der Waals surface area contributed by atoms with Crippen molar-refractivity contribution in [2.24, 2.45) is 0 Å². The number of nitrogens with one attached hydrogen (secondary N) is 1. The maximum absolute atomic E-state index is 12.5. The minimum atomic E-state index is -0.563. The Morgan fingerprint density at radius 1 is 1.41 bits per heavy atom. The second kappa shape index (κ2) is 6.32. The second-order valence-electron chi connectivity index (χ2n) is 5.72. The van der Waals surface area contributed by atoms with E-state index >= 15 is 0 Å². The van der Waals surface area contributed by atoms with Crippen LogP contribution in [0.15, 0.2) is 36.5 Å². The van der Waals surface area contributed by atoms with E-state index in [9.17, 15) is 4.79 Å². The number of ether oxygens (including phenoxy) is 1. The van der Waals surface area contributed by atoms with Crippen LogP contribution in [0.5, 0.6) is 0 Å². The van der Waals surface area contributed by atoms with Crippen LogP contribution >= 0.6 is 0 Å². The van der Waals surface area contributed by atoms with E-state index in [1.54, 1.807) is 7.11 Å². The first-order chi connectivity index (χ1) is 10.7. The number of rotatable bonds is 4. The van der Waals surface area contributed by atoms with Crippen molar-refractivity contribution in [3.63, 3.8) is 0 Å². The van der Waals surface area contributed by atoms with Crippen molar-refractivity contribution in [3.05, 3.63) is 53.6 Å². The fourth-order valence-corrected chi connectivity index (χ4v) is 3.00. The number of hydrogen-bond acceptors (Lipinski definition) is 3. The maximum atomic E-state index is 12.5. The molecule has 3 rings (SSSR count). The van der Waals surface area contributed by atoms with Gasteiger partial charge < -0.3 is 14.6 Å². The number of aryl methyl sites for hydroxylation is 2. The van der Waals surface area contributed by atoms with Crippen LogP contribution in [0.4, 0.5) is 0 Å². The maximum Gasteiger partial charge on any atom is 0.254 e. The van der Waals surface area contributed by atoms with Gasteiger partial charge in [-0.2, -0.15) is 0 Å². The molecule has 0 bridgehead atoms. The van der Waals surface area contributed by atoms with Gasteiger partial charge in [-0.15, -0.1) is 0 Å². The van der Waals surface area contributed by atoms with Crippen molar-refractivity contribution in [3.8, 4) is 0 Å². The minimum absolute atomic E-state index is 0.0843. The lowest BCUT2D eigenvalue weighted by molar-refractivity contribution is -0.132. The summed E-state index contributed by atoms with van der Waals surface area (Å²) in [5, 5.41) is 3.11. The topological polar surface area (TPSA) is 56.1 Å². The molecule has 1 aliphatic heterocycles. The summed E-state index contributed by atoms with van der Waals surface area (Å²) >= 11 is 0. The highest BCUT2D eigenvalue weighted by Gasteiger charge is 2.25. The molecule has 0 saturated heterocycles. The molecule has 0 radical (unpaired) electrons. The van der Waals surface area contributed by atoms with E-state index in [0.29, 0.717) is 0 Å². The summed E-state index contributed by atoms with van der Waals surface area (Å²) in [5.74, 6) is 1.02. The van der Waals surface area contributed by atoms with Gasteiger partial charge in [-0.25, -0.2) is 4.98 Å². The van der Waals surface area contributed by atoms with Gasteiger partial charge in [0.15, 0.2) is 6.10 Å². The van der Waals surface area contributed by atoms with Crippen molar-refractivity contribution < 1.29 is 9.53 Å². The molecular weight excluding hydrogens is 278 g/mol. The summed E-state index contributed by atoms with van der Waals surface area (Å²) in [4.78, 5) is 17.0. The van der Waals surface area contributed by atoms with Gasteiger partial charge in [-0.1, -0.05) is 30.3 Å². The van der Waals surface area contributed by atoms with Crippen LogP contribution in [-0.4, -0.2) is 28.6 Å². The Hall–Kier alpha value is -2.14. The average molecular weight is 299 g/mol. The fourth-order valence-electron chi connectivity index (χ4n) is 3.00. The first-order valence-corrected chi connectivity index (χ1v) is 7.58. The molecule has 1 aliphatic rings. The highest BCUT2D eigenvalue weighted by Crippen LogP contribution is 2.19. The second-order valence-corrected chi connectivity index (χ2v) is 5.72. The molecule has 0 saturated carbocycles. The van der Waals surface area contributed by atoms with Crippen LogP contribution in [0.1, 0.15) is 29.6 Å². The van der Waals surface area contributed by atoms with Gasteiger partial charge in [0, 0.05) is 32.3 Å². The monoisotopic (exact) mass is 299 g/mol. The first-order valence-electron chi connectivity index (χ1n) is 7.58. The standard InChI is InChI=1S/C17H21N3O2/c1-12-10-20-11-14(8-9-15(20)18-12)19-17(21)16(22-2)13-6-4-3-5-7-13/h3-7,10,14,16H,8-9,11H2,1-2H3,(H,19,21)/t14-,16-/m0/s1. The van der Waals surface area contributed by atoms with E-state index in [1.807, 2.05) is 43.5 Å². The zero-order valence-electron chi connectivity index (χ0n) is 13.0. The number of hydrogen-bond donors (Lipinski definition) is 1. The van der Waals surface area contributed by atoms with Crippen molar-refractivity contribution in [2.45, 2.75) is 38.5 Å². The van der Waals surface area contributed by atoms with Crippen LogP contribution in [-0.2, 0) is 22.5 Å². The molecule has 1 amide bonds. The van der Waals surface area contributed by atoms with E-state index in [0.717, 1.165) is 36.5 Å². The molecule has 1 aromatic carbocycles. The zero-order valence-corrected chi connectivity index (χ0v) is 13.0. The lowest BCUT2D eigenvalue weighted by Crippen LogP contribution is -2.43. The van der Waals surface area contributed by atoms with Gasteiger partial charge in [0.05, 0.1) is 5.69 Å². The predicted octanol–water partition coefficient (Wildman–Crippen LogP) is 2.01. The lowest BCUT2D eigenvalue weighted by Gasteiger charge is -2.26. The molecule has 2 aromatic rings. The molecule has 116 valence electrons. The summed E-state index contributed by atoms with van der Waals surface area (Å²) in [5.41, 5.74) is 1.90. The highest BCUT2D eigenvalue weighted by molar-refractivity contribution is 5.82. The Labute approximate surface area is 130 Å². The van der Waals surface area contributed by atoms with Crippen molar-refractivity contribution in [1.82, 2.24) is 14.9 Å². The number of imidazole rings is 1. The van der Waals surface area contributed by atoms with E-state index in [-0.39, 0.29) is 11.9 Å². The SMILES string of the molecule is CO[C@H](C(=O)N[C@H]1CCc2nc(C)cn2C1)c1ccccc1. The molecule has 1 N–H and O–H groups in total. The summed E-state index contributed by atoms with van der Waals surface area (Å²) in [6, 6.07) is 9.69. The summed E-state index contributed by atoms with van der Waals surface area (Å²) in [6.45, 7) is 2.77. The van der Waals surface area contributed by atoms with E-state index in [1.165, 1.54) is 0 Å². The third-order valence-corrected chi connectivity index (χ3v) is 4.04. The van der Waals surface area contributed by atoms with E-state index in [4.69, 9.17) is 4.74 Å². The fraction of sp³-hybridized carbons (Fsp3) is 0.412. The molecule has 2 atom stereocenters. The zero-order chi connectivity index (χ0) is 15.5. The quantitative estimate of drug-likeness (QED) is 0.939. The molecule has 0 spiro atoms. The van der Waals surface area contributed by atoms with Crippen LogP contribution < -0.4 is 5.32 Å². The minimum Gasteiger partial charge on any atom is -0.367 e. The number of benzene rings is 1. The normalized spacial score (nSPS) is 18.5. The molecular formula is C17H21N3O2. The Morgan fingerprint density at radius 2 is 2.18 bits per heavy atom. The van der Waals surface area contributed by atoms with Gasteiger partial charge in [0.1, 0.15) is 5.82 Å². The number of methoxy groups -OCH3 is 1. The highest BCUT2D eigenvalue weighted by atomic mass is 16.5. The summed E-state index contributed by atoms with van der Waals surface area (Å²) in [6.07, 6.45) is 3.28. The van der Waals surface area contributed by atoms with Gasteiger partial charge in [-0.3, -0.25) is 4.79 Å². The number of amides is 1. The van der Waals surface area contributed by atoms with Crippen molar-refractivity contribution in [2.75, 3.05) is 7.11 Å². The third kappa shape index (κ3) is 3.04. The number of nitrogens with zero attached hydrogens (tertiary/aromatic N) is 2. The Kier molecular flexibility index (Phi) is 4.24. The largest absolute Gasteiger partial charge is 0.367 e. The Morgan fingerprint density at radius 3 is 2.91 bits per heavy atom. The first kappa shape index (κ1) is 14.8. The lowest BCUT2D eigenvalue weighted by atomic mass is 10.1. The average Bonchev–Trinajstić information content (AvgIpc) is 2.88. The predicted molar refractivity (Wildman–Crippen MR) is 83.4 cm³/mol. The van der Waals surface area contributed by atoms with Crippen molar-refractivity contribution >= 4 is 5.91 Å². The summed E-state index contributed by atoms with van der Waals surface area (Å²) < 4.78 is 7.52. The third-order valence-electron chi connectivity index (χ3n) is 4.04. The van der Waals surface area contributed by atoms with Crippen molar-refractivity contribution in [1.29, 1.82) is 0 Å². The molecule has 1 aromatic heterocycles. The molecule has 5 nitrogen and oxygen atoms in total. The summed E-state index contributed by atoms with van der Waals surface area (Å²) in [7, 11) is 1.56. The smallest absolute Gasteiger partial charge is 0.254 e. The molecule has 0 unspecified atom stereocenters. The van der Waals surface area contributed by atoms with Gasteiger partial charge in [0.2, 0.25) is 0 Å². The Balaban J connectivity index is 1.67. The van der Waals surface area contributed by atoms with Crippen LogP contribution in [0, 0.1) is 6.92 Å². The van der Waals surface area contributed by atoms with E-state index in [2.05, 4.69) is 14.9 Å². The van der Waals surface area contributed by atoms with E-state index < -0.39 is 6.10 Å². The molecule has 0 aliphatic carbocycles. The molecule has 2 heterocycles. The number of carbonyl (C=O) groups excluding carboxylic acids is 1. The Bertz CT molecular complexity index is 651. The van der Waals surface area contributed by atoms with Crippen LogP contribution in [0.3, 0.4) is 0 Å².